The highest BCUT2D eigenvalue weighted by atomic mass is 32.2. The summed E-state index contributed by atoms with van der Waals surface area (Å²) < 4.78 is 32.2. The number of hydrogen-bond acceptors (Lipinski definition) is 4. The van der Waals surface area contributed by atoms with Gasteiger partial charge in [-0.3, -0.25) is 4.79 Å². The van der Waals surface area contributed by atoms with Gasteiger partial charge >= 0.3 is 0 Å². The summed E-state index contributed by atoms with van der Waals surface area (Å²) in [7, 11) is -3.77. The first-order chi connectivity index (χ1) is 13.3. The fourth-order valence-corrected chi connectivity index (χ4v) is 5.03. The number of furan rings is 1. The Bertz CT molecular complexity index is 1090. The summed E-state index contributed by atoms with van der Waals surface area (Å²) in [5, 5.41) is 1.74. The lowest BCUT2D eigenvalue weighted by atomic mass is 10.1. The van der Waals surface area contributed by atoms with E-state index in [0.29, 0.717) is 16.9 Å². The van der Waals surface area contributed by atoms with E-state index in [9.17, 15) is 13.2 Å². The number of amides is 1. The molecule has 0 unspecified atom stereocenters. The average molecular weight is 397 g/mol. The number of carbonyl (C=O) groups excluding carboxylic acids is 1. The van der Waals surface area contributed by atoms with Crippen LogP contribution in [-0.4, -0.2) is 20.9 Å². The molecule has 1 aromatic heterocycles. The molecule has 0 spiro atoms. The molecule has 2 aromatic carbocycles. The Labute approximate surface area is 165 Å². The zero-order valence-corrected chi connectivity index (χ0v) is 16.9. The molecule has 0 aliphatic rings. The van der Waals surface area contributed by atoms with Gasteiger partial charge in [0.05, 0.1) is 11.2 Å². The third-order valence-corrected chi connectivity index (χ3v) is 6.92. The maximum absolute atomic E-state index is 13.4. The highest BCUT2D eigenvalue weighted by Crippen LogP contribution is 2.31. The molecule has 1 N–H and O–H groups in total. The van der Waals surface area contributed by atoms with Crippen LogP contribution in [0.1, 0.15) is 38.1 Å². The Hall–Kier alpha value is -2.86. The Morgan fingerprint density at radius 2 is 1.75 bits per heavy atom. The summed E-state index contributed by atoms with van der Waals surface area (Å²) in [6.07, 6.45) is 1.43. The van der Waals surface area contributed by atoms with Crippen LogP contribution >= 0.6 is 0 Å². The molecule has 3 rings (SSSR count). The van der Waals surface area contributed by atoms with E-state index in [1.807, 2.05) is 32.0 Å². The van der Waals surface area contributed by atoms with Gasteiger partial charge in [-0.05, 0) is 61.7 Å². The first kappa shape index (κ1) is 19.9. The van der Waals surface area contributed by atoms with Crippen LogP contribution < -0.4 is 5.32 Å². The quantitative estimate of drug-likeness (QED) is 0.678. The number of benzene rings is 2. The van der Waals surface area contributed by atoms with E-state index in [-0.39, 0.29) is 17.3 Å². The number of hydrogen-bond donors (Lipinski definition) is 1. The maximum Gasteiger partial charge on any atom is 0.251 e. The SMILES string of the molecule is Cc1ccc(C)c(S(=O)(=O)[C@@H](CNC(=O)c2ccccc2C)c2ccco2)c1. The predicted molar refractivity (Wildman–Crippen MR) is 108 cm³/mol. The van der Waals surface area contributed by atoms with Crippen LogP contribution in [0.2, 0.25) is 0 Å². The lowest BCUT2D eigenvalue weighted by Crippen LogP contribution is -2.32. The summed E-state index contributed by atoms with van der Waals surface area (Å²) in [5.41, 5.74) is 2.86. The van der Waals surface area contributed by atoms with Crippen molar-refractivity contribution in [3.8, 4) is 0 Å². The number of aryl methyl sites for hydroxylation is 3. The van der Waals surface area contributed by atoms with Crippen molar-refractivity contribution >= 4 is 15.7 Å². The molecule has 3 aromatic rings. The maximum atomic E-state index is 13.4. The van der Waals surface area contributed by atoms with Crippen LogP contribution in [-0.2, 0) is 9.84 Å². The van der Waals surface area contributed by atoms with Crippen LogP contribution in [0.5, 0.6) is 0 Å². The van der Waals surface area contributed by atoms with Gasteiger partial charge in [-0.2, -0.15) is 0 Å². The number of carbonyl (C=O) groups is 1. The van der Waals surface area contributed by atoms with Crippen LogP contribution in [0.15, 0.2) is 70.2 Å². The van der Waals surface area contributed by atoms with Crippen LogP contribution in [0.4, 0.5) is 0 Å². The van der Waals surface area contributed by atoms with Crippen molar-refractivity contribution in [1.82, 2.24) is 5.32 Å². The number of rotatable bonds is 6. The molecule has 0 aliphatic carbocycles. The molecule has 28 heavy (non-hydrogen) atoms. The molecular weight excluding hydrogens is 374 g/mol. The minimum Gasteiger partial charge on any atom is -0.468 e. The molecule has 1 amide bonds. The van der Waals surface area contributed by atoms with Crippen LogP contribution in [0, 0.1) is 20.8 Å². The molecule has 0 bridgehead atoms. The average Bonchev–Trinajstić information content (AvgIpc) is 3.18. The van der Waals surface area contributed by atoms with Crippen LogP contribution in [0.3, 0.4) is 0 Å². The fraction of sp³-hybridized carbons (Fsp3) is 0.227. The molecule has 6 heteroatoms. The third-order valence-electron chi connectivity index (χ3n) is 4.72. The first-order valence-electron chi connectivity index (χ1n) is 8.99. The Kier molecular flexibility index (Phi) is 5.70. The normalized spacial score (nSPS) is 12.5. The van der Waals surface area contributed by atoms with Crippen molar-refractivity contribution in [3.63, 3.8) is 0 Å². The van der Waals surface area contributed by atoms with E-state index >= 15 is 0 Å². The van der Waals surface area contributed by atoms with E-state index < -0.39 is 15.1 Å². The zero-order chi connectivity index (χ0) is 20.3. The number of sulfone groups is 1. The molecule has 146 valence electrons. The second-order valence-corrected chi connectivity index (χ2v) is 8.94. The molecule has 5 nitrogen and oxygen atoms in total. The lowest BCUT2D eigenvalue weighted by Gasteiger charge is -2.18. The van der Waals surface area contributed by atoms with Crippen LogP contribution in [0.25, 0.3) is 0 Å². The molecule has 0 radical (unpaired) electrons. The van der Waals surface area contributed by atoms with E-state index in [1.54, 1.807) is 43.3 Å². The highest BCUT2D eigenvalue weighted by Gasteiger charge is 2.33. The summed E-state index contributed by atoms with van der Waals surface area (Å²) in [6.45, 7) is 5.36. The predicted octanol–water partition coefficient (Wildman–Crippen LogP) is 4.15. The molecule has 0 aliphatic heterocycles. The van der Waals surface area contributed by atoms with Crippen molar-refractivity contribution in [2.75, 3.05) is 6.54 Å². The standard InChI is InChI=1S/C22H23NO4S/c1-15-10-11-17(3)20(13-15)28(25,26)21(19-9-6-12-27-19)14-23-22(24)18-8-5-4-7-16(18)2/h4-13,21H,14H2,1-3H3,(H,23,24)/t21-/m0/s1. The van der Waals surface area contributed by atoms with E-state index in [4.69, 9.17) is 4.42 Å². The molecule has 0 saturated heterocycles. The highest BCUT2D eigenvalue weighted by molar-refractivity contribution is 7.91. The monoisotopic (exact) mass is 397 g/mol. The van der Waals surface area contributed by atoms with Crippen molar-refractivity contribution < 1.29 is 17.6 Å². The van der Waals surface area contributed by atoms with Gasteiger partial charge < -0.3 is 9.73 Å². The second kappa shape index (κ2) is 8.02. The Morgan fingerprint density at radius 1 is 1.00 bits per heavy atom. The van der Waals surface area contributed by atoms with Gasteiger partial charge in [0.25, 0.3) is 5.91 Å². The minimum atomic E-state index is -3.77. The van der Waals surface area contributed by atoms with Gasteiger partial charge in [-0.1, -0.05) is 30.3 Å². The molecular formula is C22H23NO4S. The van der Waals surface area contributed by atoms with E-state index in [2.05, 4.69) is 5.32 Å². The Balaban J connectivity index is 1.93. The van der Waals surface area contributed by atoms with E-state index in [1.165, 1.54) is 6.26 Å². The Morgan fingerprint density at radius 3 is 2.43 bits per heavy atom. The van der Waals surface area contributed by atoms with Gasteiger partial charge in [-0.25, -0.2) is 8.42 Å². The summed E-state index contributed by atoms with van der Waals surface area (Å²) in [6, 6.07) is 15.8. The zero-order valence-electron chi connectivity index (χ0n) is 16.1. The van der Waals surface area contributed by atoms with Crippen molar-refractivity contribution in [2.24, 2.45) is 0 Å². The topological polar surface area (TPSA) is 76.4 Å². The largest absolute Gasteiger partial charge is 0.468 e. The second-order valence-electron chi connectivity index (χ2n) is 6.84. The minimum absolute atomic E-state index is 0.0869. The number of nitrogens with one attached hydrogen (secondary N) is 1. The summed E-state index contributed by atoms with van der Waals surface area (Å²) in [5.74, 6) is -0.0168. The van der Waals surface area contributed by atoms with Crippen molar-refractivity contribution in [3.05, 3.63) is 88.9 Å². The van der Waals surface area contributed by atoms with Gasteiger partial charge in [-0.15, -0.1) is 0 Å². The van der Waals surface area contributed by atoms with Gasteiger partial charge in [0.2, 0.25) is 0 Å². The molecule has 1 heterocycles. The molecule has 1 atom stereocenters. The molecule has 0 fully saturated rings. The van der Waals surface area contributed by atoms with Crippen molar-refractivity contribution in [1.29, 1.82) is 0 Å². The smallest absolute Gasteiger partial charge is 0.251 e. The van der Waals surface area contributed by atoms with E-state index in [0.717, 1.165) is 11.1 Å². The van der Waals surface area contributed by atoms with Gasteiger partial charge in [0.15, 0.2) is 9.84 Å². The van der Waals surface area contributed by atoms with Gasteiger partial charge in [0, 0.05) is 12.1 Å². The lowest BCUT2D eigenvalue weighted by molar-refractivity contribution is 0.0952. The third kappa shape index (κ3) is 4.02. The molecule has 0 saturated carbocycles. The first-order valence-corrected chi connectivity index (χ1v) is 10.5. The van der Waals surface area contributed by atoms with Crippen molar-refractivity contribution in [2.45, 2.75) is 30.9 Å². The summed E-state index contributed by atoms with van der Waals surface area (Å²) >= 11 is 0. The fourth-order valence-electron chi connectivity index (χ4n) is 3.11. The van der Waals surface area contributed by atoms with Gasteiger partial charge in [0.1, 0.15) is 11.0 Å². The summed E-state index contributed by atoms with van der Waals surface area (Å²) in [4.78, 5) is 12.8.